The number of nitrogens with zero attached hydrogens (tertiary/aromatic N) is 2. The minimum Gasteiger partial charge on any atom is -0.370 e. The predicted octanol–water partition coefficient (Wildman–Crippen LogP) is 6.97. The first-order chi connectivity index (χ1) is 15.7. The molecular weight excluding hydrogens is 392 g/mol. The van der Waals surface area contributed by atoms with Crippen molar-refractivity contribution in [2.24, 2.45) is 0 Å². The third kappa shape index (κ3) is 4.21. The molecule has 174 valence electrons. The number of ketones is 1. The van der Waals surface area contributed by atoms with E-state index in [4.69, 9.17) is 0 Å². The molecule has 1 fully saturated rings. The zero-order valence-electron chi connectivity index (χ0n) is 20.6. The first-order valence-corrected chi connectivity index (χ1v) is 13.2. The number of unbranched alkanes of at least 4 members (excludes halogenated alkanes) is 4. The van der Waals surface area contributed by atoms with Gasteiger partial charge in [0.25, 0.3) is 0 Å². The molecule has 0 atom stereocenters. The van der Waals surface area contributed by atoms with Crippen LogP contribution in [0.15, 0.2) is 30.3 Å². The largest absolute Gasteiger partial charge is 0.370 e. The van der Waals surface area contributed by atoms with Crippen LogP contribution in [-0.2, 0) is 5.41 Å². The predicted molar refractivity (Wildman–Crippen MR) is 137 cm³/mol. The zero-order chi connectivity index (χ0) is 22.6. The molecule has 0 saturated carbocycles. The van der Waals surface area contributed by atoms with Gasteiger partial charge in [0, 0.05) is 36.3 Å². The number of benzene rings is 2. The summed E-state index contributed by atoms with van der Waals surface area (Å²) in [6, 6.07) is 11.2. The van der Waals surface area contributed by atoms with E-state index < -0.39 is 0 Å². The highest BCUT2D eigenvalue weighted by Gasteiger charge is 2.46. The van der Waals surface area contributed by atoms with Crippen LogP contribution in [0.5, 0.6) is 0 Å². The number of rotatable bonds is 10. The first kappa shape index (κ1) is 23.3. The van der Waals surface area contributed by atoms with Crippen LogP contribution in [0.25, 0.3) is 10.8 Å². The van der Waals surface area contributed by atoms with Crippen LogP contribution in [0.2, 0.25) is 0 Å². The molecule has 32 heavy (non-hydrogen) atoms. The third-order valence-electron chi connectivity index (χ3n) is 8.00. The van der Waals surface area contributed by atoms with Crippen LogP contribution in [0, 0.1) is 0 Å². The van der Waals surface area contributed by atoms with Gasteiger partial charge in [0.1, 0.15) is 0 Å². The molecule has 1 aliphatic heterocycles. The van der Waals surface area contributed by atoms with Crippen LogP contribution < -0.4 is 4.90 Å². The number of carbonyl (C=O) groups excluding carboxylic acids is 1. The maximum Gasteiger partial charge on any atom is 0.174 e. The van der Waals surface area contributed by atoms with Gasteiger partial charge in [-0.25, -0.2) is 0 Å². The number of hydrogen-bond acceptors (Lipinski definition) is 3. The molecule has 1 saturated heterocycles. The minimum absolute atomic E-state index is 0.303. The van der Waals surface area contributed by atoms with Crippen molar-refractivity contribution in [2.45, 2.75) is 84.0 Å². The molecular formula is C29H42N2O. The summed E-state index contributed by atoms with van der Waals surface area (Å²) in [5, 5.41) is 2.56. The molecule has 3 heteroatoms. The fraction of sp³-hybridized carbons (Fsp3) is 0.621. The van der Waals surface area contributed by atoms with Crippen molar-refractivity contribution < 1.29 is 4.79 Å². The minimum atomic E-state index is -0.303. The van der Waals surface area contributed by atoms with E-state index in [1.165, 1.54) is 60.7 Å². The summed E-state index contributed by atoms with van der Waals surface area (Å²) < 4.78 is 0. The highest BCUT2D eigenvalue weighted by atomic mass is 16.1. The summed E-state index contributed by atoms with van der Waals surface area (Å²) in [5.41, 5.74) is 3.34. The Bertz CT molecular complexity index is 924. The van der Waals surface area contributed by atoms with Crippen molar-refractivity contribution in [1.29, 1.82) is 0 Å². The van der Waals surface area contributed by atoms with Gasteiger partial charge >= 0.3 is 0 Å². The fourth-order valence-corrected chi connectivity index (χ4v) is 6.14. The maximum atomic E-state index is 14.0. The van der Waals surface area contributed by atoms with Crippen molar-refractivity contribution in [3.05, 3.63) is 41.5 Å². The third-order valence-corrected chi connectivity index (χ3v) is 8.00. The molecule has 1 heterocycles. The van der Waals surface area contributed by atoms with Gasteiger partial charge in [-0.1, -0.05) is 83.6 Å². The number of carbonyl (C=O) groups is 1. The standard InChI is InChI=1S/C29H42N2O/c1-4-7-9-17-29(18-10-8-5-2)25-15-16-26(31-20-12-19-30(6-3)21-22-31)23-13-11-14-24(27(23)25)28(29)32/h11,13-16H,4-10,12,17-22H2,1-3H3. The molecule has 0 aromatic heterocycles. The Morgan fingerprint density at radius 2 is 1.59 bits per heavy atom. The van der Waals surface area contributed by atoms with Crippen LogP contribution >= 0.6 is 0 Å². The van der Waals surface area contributed by atoms with E-state index >= 15 is 0 Å². The first-order valence-electron chi connectivity index (χ1n) is 13.2. The molecule has 2 aromatic rings. The Kier molecular flexibility index (Phi) is 7.55. The van der Waals surface area contributed by atoms with Crippen molar-refractivity contribution in [1.82, 2.24) is 4.90 Å². The van der Waals surface area contributed by atoms with Gasteiger partial charge in [0.2, 0.25) is 0 Å². The van der Waals surface area contributed by atoms with Crippen LogP contribution in [-0.4, -0.2) is 43.4 Å². The van der Waals surface area contributed by atoms with Crippen LogP contribution in [0.4, 0.5) is 5.69 Å². The molecule has 0 amide bonds. The van der Waals surface area contributed by atoms with Crippen molar-refractivity contribution in [2.75, 3.05) is 37.6 Å². The summed E-state index contributed by atoms with van der Waals surface area (Å²) >= 11 is 0. The van der Waals surface area contributed by atoms with Gasteiger partial charge in [0.05, 0.1) is 5.41 Å². The smallest absolute Gasteiger partial charge is 0.174 e. The monoisotopic (exact) mass is 434 g/mol. The quantitative estimate of drug-likeness (QED) is 0.377. The molecule has 2 aromatic carbocycles. The summed E-state index contributed by atoms with van der Waals surface area (Å²) in [4.78, 5) is 19.1. The lowest BCUT2D eigenvalue weighted by Gasteiger charge is -2.30. The second-order valence-corrected chi connectivity index (χ2v) is 9.96. The lowest BCUT2D eigenvalue weighted by Crippen LogP contribution is -2.32. The highest BCUT2D eigenvalue weighted by Crippen LogP contribution is 2.50. The Labute approximate surface area is 195 Å². The van der Waals surface area contributed by atoms with E-state index in [0.29, 0.717) is 5.78 Å². The van der Waals surface area contributed by atoms with Crippen molar-refractivity contribution >= 4 is 22.2 Å². The summed E-state index contributed by atoms with van der Waals surface area (Å²) in [6.07, 6.45) is 10.3. The molecule has 0 spiro atoms. The summed E-state index contributed by atoms with van der Waals surface area (Å²) in [7, 11) is 0. The molecule has 2 aliphatic rings. The van der Waals surface area contributed by atoms with Crippen LogP contribution in [0.3, 0.4) is 0 Å². The lowest BCUT2D eigenvalue weighted by molar-refractivity contribution is 0.0870. The van der Waals surface area contributed by atoms with Gasteiger partial charge in [-0.15, -0.1) is 0 Å². The molecule has 0 bridgehead atoms. The van der Waals surface area contributed by atoms with Gasteiger partial charge in [-0.3, -0.25) is 4.79 Å². The Hall–Kier alpha value is -1.87. The Morgan fingerprint density at radius 1 is 0.844 bits per heavy atom. The number of hydrogen-bond donors (Lipinski definition) is 0. The van der Waals surface area contributed by atoms with Gasteiger partial charge < -0.3 is 9.80 Å². The maximum absolute atomic E-state index is 14.0. The van der Waals surface area contributed by atoms with Crippen molar-refractivity contribution in [3.8, 4) is 0 Å². The highest BCUT2D eigenvalue weighted by molar-refractivity contribution is 6.22. The van der Waals surface area contributed by atoms with Gasteiger partial charge in [-0.05, 0) is 49.4 Å². The van der Waals surface area contributed by atoms with E-state index in [1.807, 2.05) is 0 Å². The lowest BCUT2D eigenvalue weighted by atomic mass is 9.72. The Balaban J connectivity index is 1.75. The van der Waals surface area contributed by atoms with E-state index in [0.717, 1.165) is 57.4 Å². The molecule has 0 radical (unpaired) electrons. The van der Waals surface area contributed by atoms with Crippen molar-refractivity contribution in [3.63, 3.8) is 0 Å². The number of anilines is 1. The van der Waals surface area contributed by atoms with E-state index in [9.17, 15) is 4.79 Å². The number of Topliss-reactive ketones (excluding diaryl/α,β-unsaturated/α-hetero) is 1. The van der Waals surface area contributed by atoms with Gasteiger partial charge in [0.15, 0.2) is 5.78 Å². The van der Waals surface area contributed by atoms with Gasteiger partial charge in [-0.2, -0.15) is 0 Å². The average molecular weight is 435 g/mol. The SMILES string of the molecule is CCCCCC1(CCCCC)C(=O)c2cccc3c(N4CCCN(CC)CC4)ccc1c23. The van der Waals surface area contributed by atoms with E-state index in [2.05, 4.69) is 60.9 Å². The molecule has 1 aliphatic carbocycles. The zero-order valence-corrected chi connectivity index (χ0v) is 20.6. The second kappa shape index (κ2) is 10.4. The molecule has 0 N–H and O–H groups in total. The Morgan fingerprint density at radius 3 is 2.28 bits per heavy atom. The average Bonchev–Trinajstić information content (AvgIpc) is 2.96. The van der Waals surface area contributed by atoms with E-state index in [-0.39, 0.29) is 5.41 Å². The summed E-state index contributed by atoms with van der Waals surface area (Å²) in [6.45, 7) is 12.4. The van der Waals surface area contributed by atoms with Crippen LogP contribution in [0.1, 0.15) is 94.5 Å². The normalized spacial score (nSPS) is 18.5. The number of likely N-dealkylation sites (N-methyl/N-ethyl adjacent to an activating group) is 1. The molecule has 3 nitrogen and oxygen atoms in total. The fourth-order valence-electron chi connectivity index (χ4n) is 6.14. The molecule has 4 rings (SSSR count). The second-order valence-electron chi connectivity index (χ2n) is 9.96. The molecule has 0 unspecified atom stereocenters. The topological polar surface area (TPSA) is 23.6 Å². The summed E-state index contributed by atoms with van der Waals surface area (Å²) in [5.74, 6) is 0.399. The van der Waals surface area contributed by atoms with E-state index in [1.54, 1.807) is 0 Å².